The molecule has 0 spiro atoms. The first-order chi connectivity index (χ1) is 9.93. The predicted molar refractivity (Wildman–Crippen MR) is 81.1 cm³/mol. The van der Waals surface area contributed by atoms with E-state index in [1.165, 1.54) is 12.1 Å². The zero-order valence-corrected chi connectivity index (χ0v) is 12.7. The van der Waals surface area contributed by atoms with Gasteiger partial charge < -0.3 is 20.3 Å². The van der Waals surface area contributed by atoms with E-state index in [0.29, 0.717) is 12.2 Å². The molecule has 1 aromatic carbocycles. The number of rotatable bonds is 3. The monoisotopic (exact) mass is 295 g/mol. The van der Waals surface area contributed by atoms with Crippen molar-refractivity contribution in [2.24, 2.45) is 0 Å². The fourth-order valence-corrected chi connectivity index (χ4v) is 2.68. The Balaban J connectivity index is 2.35. The topological polar surface area (TPSA) is 58.8 Å². The molecule has 6 heteroatoms. The fourth-order valence-electron chi connectivity index (χ4n) is 2.68. The Morgan fingerprint density at radius 1 is 1.48 bits per heavy atom. The Labute approximate surface area is 124 Å². The van der Waals surface area contributed by atoms with Crippen molar-refractivity contribution in [3.05, 3.63) is 23.5 Å². The lowest BCUT2D eigenvalue weighted by Gasteiger charge is -2.40. The molecule has 1 aromatic rings. The first-order valence-electron chi connectivity index (χ1n) is 7.15. The van der Waals surface area contributed by atoms with Crippen LogP contribution in [0.3, 0.4) is 0 Å². The molecule has 1 unspecified atom stereocenters. The minimum absolute atomic E-state index is 0.108. The van der Waals surface area contributed by atoms with Crippen molar-refractivity contribution in [1.29, 1.82) is 0 Å². The van der Waals surface area contributed by atoms with E-state index < -0.39 is 11.8 Å². The van der Waals surface area contributed by atoms with Gasteiger partial charge in [0, 0.05) is 31.4 Å². The number of benzene rings is 1. The molecular formula is C15H22FN3O2. The van der Waals surface area contributed by atoms with Crippen LogP contribution in [0.5, 0.6) is 0 Å². The smallest absolute Gasteiger partial charge is 0.340 e. The minimum Gasteiger partial charge on any atom is -0.462 e. The van der Waals surface area contributed by atoms with E-state index >= 15 is 0 Å². The Morgan fingerprint density at radius 2 is 2.19 bits per heavy atom. The highest BCUT2D eigenvalue weighted by Gasteiger charge is 2.26. The first kappa shape index (κ1) is 15.6. The molecule has 0 radical (unpaired) electrons. The van der Waals surface area contributed by atoms with Crippen LogP contribution in [0.25, 0.3) is 0 Å². The summed E-state index contributed by atoms with van der Waals surface area (Å²) in [5, 5.41) is 0. The van der Waals surface area contributed by atoms with Crippen molar-refractivity contribution in [1.82, 2.24) is 4.90 Å². The molecule has 1 aliphatic heterocycles. The van der Waals surface area contributed by atoms with Gasteiger partial charge in [-0.2, -0.15) is 0 Å². The molecule has 2 rings (SSSR count). The summed E-state index contributed by atoms with van der Waals surface area (Å²) in [6.07, 6.45) is 0. The number of hydrogen-bond donors (Lipinski definition) is 1. The highest BCUT2D eigenvalue weighted by Crippen LogP contribution is 2.28. The number of piperazine rings is 1. The van der Waals surface area contributed by atoms with Crippen molar-refractivity contribution >= 4 is 17.3 Å². The molecule has 5 nitrogen and oxygen atoms in total. The van der Waals surface area contributed by atoms with Gasteiger partial charge in [0.15, 0.2) is 0 Å². The summed E-state index contributed by atoms with van der Waals surface area (Å²) >= 11 is 0. The number of hydrogen-bond acceptors (Lipinski definition) is 5. The molecule has 1 atom stereocenters. The number of anilines is 2. The van der Waals surface area contributed by atoms with Gasteiger partial charge in [0.1, 0.15) is 5.82 Å². The van der Waals surface area contributed by atoms with Crippen LogP contribution in [0.2, 0.25) is 0 Å². The lowest BCUT2D eigenvalue weighted by atomic mass is 10.1. The average Bonchev–Trinajstić information content (AvgIpc) is 2.40. The van der Waals surface area contributed by atoms with Crippen molar-refractivity contribution in [3.8, 4) is 0 Å². The van der Waals surface area contributed by atoms with Crippen LogP contribution in [-0.2, 0) is 4.74 Å². The highest BCUT2D eigenvalue weighted by atomic mass is 19.1. The van der Waals surface area contributed by atoms with E-state index in [1.54, 1.807) is 6.92 Å². The van der Waals surface area contributed by atoms with Gasteiger partial charge in [-0.3, -0.25) is 0 Å². The number of halogens is 1. The molecule has 0 amide bonds. The maximum Gasteiger partial charge on any atom is 0.340 e. The number of nitrogens with two attached hydrogens (primary N) is 1. The fraction of sp³-hybridized carbons (Fsp3) is 0.533. The van der Waals surface area contributed by atoms with E-state index in [2.05, 4.69) is 4.90 Å². The number of esters is 1. The second-order valence-electron chi connectivity index (χ2n) is 5.42. The largest absolute Gasteiger partial charge is 0.462 e. The highest BCUT2D eigenvalue weighted by molar-refractivity contribution is 5.96. The van der Waals surface area contributed by atoms with Crippen LogP contribution >= 0.6 is 0 Å². The normalized spacial score (nSPS) is 19.6. The molecule has 1 heterocycles. The molecule has 21 heavy (non-hydrogen) atoms. The van der Waals surface area contributed by atoms with Crippen LogP contribution < -0.4 is 10.6 Å². The molecule has 1 saturated heterocycles. The van der Waals surface area contributed by atoms with E-state index in [1.807, 2.05) is 18.9 Å². The van der Waals surface area contributed by atoms with Gasteiger partial charge in [-0.1, -0.05) is 0 Å². The van der Waals surface area contributed by atoms with Gasteiger partial charge in [-0.05, 0) is 33.0 Å². The molecule has 2 N–H and O–H groups in total. The number of nitrogens with zero attached hydrogens (tertiary/aromatic N) is 2. The van der Waals surface area contributed by atoms with Gasteiger partial charge in [0.25, 0.3) is 0 Å². The quantitative estimate of drug-likeness (QED) is 0.680. The number of nitrogen functional groups attached to an aromatic ring is 1. The zero-order valence-electron chi connectivity index (χ0n) is 12.7. The first-order valence-corrected chi connectivity index (χ1v) is 7.15. The number of likely N-dealkylation sites (N-methyl/N-ethyl adjacent to an activating group) is 1. The van der Waals surface area contributed by atoms with E-state index in [4.69, 9.17) is 10.5 Å². The van der Waals surface area contributed by atoms with Gasteiger partial charge in [-0.15, -0.1) is 0 Å². The molecule has 1 fully saturated rings. The third-order valence-electron chi connectivity index (χ3n) is 3.75. The van der Waals surface area contributed by atoms with E-state index in [-0.39, 0.29) is 23.9 Å². The SMILES string of the molecule is CCOC(=O)c1cc(N2CCN(C)CC2C)c(F)cc1N. The van der Waals surface area contributed by atoms with Gasteiger partial charge in [-0.25, -0.2) is 9.18 Å². The average molecular weight is 295 g/mol. The van der Waals surface area contributed by atoms with Crippen LogP contribution in [0.4, 0.5) is 15.8 Å². The second-order valence-corrected chi connectivity index (χ2v) is 5.42. The maximum absolute atomic E-state index is 14.2. The van der Waals surface area contributed by atoms with Gasteiger partial charge in [0.05, 0.1) is 17.9 Å². The number of ether oxygens (including phenoxy) is 1. The summed E-state index contributed by atoms with van der Waals surface area (Å²) < 4.78 is 19.2. The Kier molecular flexibility index (Phi) is 4.67. The molecular weight excluding hydrogens is 273 g/mol. The van der Waals surface area contributed by atoms with Crippen LogP contribution in [-0.4, -0.2) is 50.2 Å². The number of carbonyl (C=O) groups is 1. The predicted octanol–water partition coefficient (Wildman–Crippen LogP) is 1.72. The van der Waals surface area contributed by atoms with Crippen LogP contribution in [0, 0.1) is 5.82 Å². The van der Waals surface area contributed by atoms with Crippen molar-refractivity contribution in [2.45, 2.75) is 19.9 Å². The van der Waals surface area contributed by atoms with Gasteiger partial charge >= 0.3 is 5.97 Å². The molecule has 1 aliphatic rings. The molecule has 0 aliphatic carbocycles. The third-order valence-corrected chi connectivity index (χ3v) is 3.75. The molecule has 0 bridgehead atoms. The van der Waals surface area contributed by atoms with E-state index in [0.717, 1.165) is 13.1 Å². The molecule has 116 valence electrons. The number of carbonyl (C=O) groups excluding carboxylic acids is 1. The van der Waals surface area contributed by atoms with Crippen LogP contribution in [0.15, 0.2) is 12.1 Å². The lowest BCUT2D eigenvalue weighted by molar-refractivity contribution is 0.0527. The summed E-state index contributed by atoms with van der Waals surface area (Å²) in [5.41, 5.74) is 6.48. The van der Waals surface area contributed by atoms with Crippen LogP contribution in [0.1, 0.15) is 24.2 Å². The summed E-state index contributed by atoms with van der Waals surface area (Å²) in [5.74, 6) is -0.921. The Morgan fingerprint density at radius 3 is 2.81 bits per heavy atom. The van der Waals surface area contributed by atoms with Crippen molar-refractivity contribution < 1.29 is 13.9 Å². The van der Waals surface area contributed by atoms with Gasteiger partial charge in [0.2, 0.25) is 0 Å². The summed E-state index contributed by atoms with van der Waals surface area (Å²) in [6.45, 7) is 6.43. The zero-order chi connectivity index (χ0) is 15.6. The third kappa shape index (κ3) is 3.26. The van der Waals surface area contributed by atoms with E-state index in [9.17, 15) is 9.18 Å². The van der Waals surface area contributed by atoms with Crippen molar-refractivity contribution in [3.63, 3.8) is 0 Å². The van der Waals surface area contributed by atoms with Crippen molar-refractivity contribution in [2.75, 3.05) is 43.9 Å². The molecule has 0 aromatic heterocycles. The Bertz CT molecular complexity index is 536. The summed E-state index contributed by atoms with van der Waals surface area (Å²) in [7, 11) is 2.04. The lowest BCUT2D eigenvalue weighted by Crippen LogP contribution is -2.50. The summed E-state index contributed by atoms with van der Waals surface area (Å²) in [6, 6.07) is 2.87. The second kappa shape index (κ2) is 6.30. The Hall–Kier alpha value is -1.82. The summed E-state index contributed by atoms with van der Waals surface area (Å²) in [4.78, 5) is 16.1. The standard InChI is InChI=1S/C15H22FN3O2/c1-4-21-15(20)11-7-14(12(16)8-13(11)17)19-6-5-18(3)9-10(19)2/h7-8,10H,4-6,9,17H2,1-3H3. The maximum atomic E-state index is 14.2. The molecule has 0 saturated carbocycles. The minimum atomic E-state index is -0.516.